The summed E-state index contributed by atoms with van der Waals surface area (Å²) in [5.41, 5.74) is 3.88. The molecule has 0 aromatic heterocycles. The summed E-state index contributed by atoms with van der Waals surface area (Å²) in [6, 6.07) is 15.2. The van der Waals surface area contributed by atoms with Gasteiger partial charge in [-0.2, -0.15) is 0 Å². The van der Waals surface area contributed by atoms with Crippen LogP contribution in [0.5, 0.6) is 0 Å². The smallest absolute Gasteiger partial charge is 0.0306 e. The fraction of sp³-hybridized carbons (Fsp3) is 0.250. The molecule has 3 heteroatoms. The Morgan fingerprint density at radius 1 is 1.05 bits per heavy atom. The molecule has 1 N–H and O–H groups in total. The van der Waals surface area contributed by atoms with Crippen molar-refractivity contribution in [2.75, 3.05) is 0 Å². The van der Waals surface area contributed by atoms with Crippen molar-refractivity contribution in [2.24, 2.45) is 0 Å². The van der Waals surface area contributed by atoms with Crippen LogP contribution in [0.4, 0.5) is 0 Å². The average Bonchev–Trinajstić information content (AvgIpc) is 2.37. The number of hydrogen-bond acceptors (Lipinski definition) is 1. The van der Waals surface area contributed by atoms with Gasteiger partial charge in [-0.05, 0) is 37.1 Å². The molecular weight excluding hydrogens is 366 g/mol. The quantitative estimate of drug-likeness (QED) is 0.749. The summed E-state index contributed by atoms with van der Waals surface area (Å²) >= 11 is 7.09. The molecule has 0 amide bonds. The van der Waals surface area contributed by atoms with Crippen LogP contribution < -0.4 is 5.32 Å². The van der Waals surface area contributed by atoms with Crippen LogP contribution in [0.2, 0.25) is 0 Å². The molecule has 0 fully saturated rings. The van der Waals surface area contributed by atoms with E-state index in [1.54, 1.807) is 0 Å². The van der Waals surface area contributed by atoms with Crippen molar-refractivity contribution in [1.29, 1.82) is 0 Å². The topological polar surface area (TPSA) is 12.0 Å². The van der Waals surface area contributed by atoms with Gasteiger partial charge in [0, 0.05) is 21.5 Å². The number of hydrogen-bond donors (Lipinski definition) is 1. The minimum absolute atomic E-state index is 0.309. The van der Waals surface area contributed by atoms with Gasteiger partial charge in [0.05, 0.1) is 0 Å². The lowest BCUT2D eigenvalue weighted by molar-refractivity contribution is 0.572. The van der Waals surface area contributed by atoms with Crippen LogP contribution in [0, 0.1) is 6.92 Å². The number of nitrogens with one attached hydrogen (secondary N) is 1. The molecule has 19 heavy (non-hydrogen) atoms. The summed E-state index contributed by atoms with van der Waals surface area (Å²) in [4.78, 5) is 0. The SMILES string of the molecule is Cc1ccc(CNC(C)c2ccc(Br)cc2Br)cc1. The number of aryl methyl sites for hydroxylation is 1. The standard InChI is InChI=1S/C16H17Br2N/c1-11-3-5-13(6-4-11)10-19-12(2)15-8-7-14(17)9-16(15)18/h3-9,12,19H,10H2,1-2H3. The number of halogens is 2. The van der Waals surface area contributed by atoms with E-state index in [0.29, 0.717) is 6.04 Å². The zero-order chi connectivity index (χ0) is 13.8. The summed E-state index contributed by atoms with van der Waals surface area (Å²) < 4.78 is 2.22. The van der Waals surface area contributed by atoms with Gasteiger partial charge < -0.3 is 5.32 Å². The van der Waals surface area contributed by atoms with E-state index in [9.17, 15) is 0 Å². The molecule has 100 valence electrons. The second kappa shape index (κ2) is 6.69. The Balaban J connectivity index is 2.01. The zero-order valence-corrected chi connectivity index (χ0v) is 14.3. The highest BCUT2D eigenvalue weighted by atomic mass is 79.9. The molecule has 0 saturated heterocycles. The Hall–Kier alpha value is -0.640. The lowest BCUT2D eigenvalue weighted by atomic mass is 10.1. The van der Waals surface area contributed by atoms with E-state index in [2.05, 4.69) is 93.5 Å². The average molecular weight is 383 g/mol. The van der Waals surface area contributed by atoms with Crippen LogP contribution in [0.1, 0.15) is 29.7 Å². The molecule has 2 aromatic carbocycles. The Bertz CT molecular complexity index is 549. The van der Waals surface area contributed by atoms with E-state index in [1.165, 1.54) is 16.7 Å². The Morgan fingerprint density at radius 2 is 1.74 bits per heavy atom. The molecule has 1 nitrogen and oxygen atoms in total. The zero-order valence-electron chi connectivity index (χ0n) is 11.1. The lowest BCUT2D eigenvalue weighted by Crippen LogP contribution is -2.18. The first-order valence-corrected chi connectivity index (χ1v) is 7.89. The van der Waals surface area contributed by atoms with Crippen molar-refractivity contribution < 1.29 is 0 Å². The van der Waals surface area contributed by atoms with Crippen molar-refractivity contribution in [3.05, 3.63) is 68.1 Å². The molecule has 0 radical (unpaired) electrons. The molecule has 0 heterocycles. The van der Waals surface area contributed by atoms with Gasteiger partial charge >= 0.3 is 0 Å². The highest BCUT2D eigenvalue weighted by Crippen LogP contribution is 2.26. The number of benzene rings is 2. The third-order valence-electron chi connectivity index (χ3n) is 3.16. The molecule has 1 atom stereocenters. The van der Waals surface area contributed by atoms with Crippen LogP contribution in [0.25, 0.3) is 0 Å². The normalized spacial score (nSPS) is 12.4. The molecular formula is C16H17Br2N. The van der Waals surface area contributed by atoms with E-state index < -0.39 is 0 Å². The van der Waals surface area contributed by atoms with E-state index in [1.807, 2.05) is 0 Å². The Kier molecular flexibility index (Phi) is 5.20. The number of rotatable bonds is 4. The highest BCUT2D eigenvalue weighted by Gasteiger charge is 2.09. The predicted molar refractivity (Wildman–Crippen MR) is 88.3 cm³/mol. The molecule has 2 aromatic rings. The van der Waals surface area contributed by atoms with Crippen LogP contribution in [-0.2, 0) is 6.54 Å². The maximum absolute atomic E-state index is 3.61. The third-order valence-corrected chi connectivity index (χ3v) is 4.34. The van der Waals surface area contributed by atoms with Crippen LogP contribution in [0.3, 0.4) is 0 Å². The second-order valence-corrected chi connectivity index (χ2v) is 6.52. The summed E-state index contributed by atoms with van der Waals surface area (Å²) in [7, 11) is 0. The van der Waals surface area contributed by atoms with Crippen LogP contribution >= 0.6 is 31.9 Å². The molecule has 0 aliphatic rings. The first-order chi connectivity index (χ1) is 9.06. The molecule has 2 rings (SSSR count). The molecule has 0 bridgehead atoms. The van der Waals surface area contributed by atoms with Crippen molar-refractivity contribution in [3.8, 4) is 0 Å². The van der Waals surface area contributed by atoms with Gasteiger partial charge in [0.25, 0.3) is 0 Å². The molecule has 0 spiro atoms. The van der Waals surface area contributed by atoms with Crippen molar-refractivity contribution in [2.45, 2.75) is 26.4 Å². The predicted octanol–water partition coefficient (Wildman–Crippen LogP) is 5.37. The van der Waals surface area contributed by atoms with E-state index >= 15 is 0 Å². The lowest BCUT2D eigenvalue weighted by Gasteiger charge is -2.16. The highest BCUT2D eigenvalue weighted by molar-refractivity contribution is 9.11. The van der Waals surface area contributed by atoms with Crippen LogP contribution in [-0.4, -0.2) is 0 Å². The fourth-order valence-electron chi connectivity index (χ4n) is 1.94. The first-order valence-electron chi connectivity index (χ1n) is 6.30. The largest absolute Gasteiger partial charge is 0.306 e. The van der Waals surface area contributed by atoms with Gasteiger partial charge in [0.2, 0.25) is 0 Å². The Morgan fingerprint density at radius 3 is 2.37 bits per heavy atom. The third kappa shape index (κ3) is 4.16. The van der Waals surface area contributed by atoms with E-state index in [0.717, 1.165) is 15.5 Å². The molecule has 0 aliphatic carbocycles. The maximum atomic E-state index is 3.61. The minimum Gasteiger partial charge on any atom is -0.306 e. The van der Waals surface area contributed by atoms with Gasteiger partial charge in [-0.3, -0.25) is 0 Å². The van der Waals surface area contributed by atoms with Gasteiger partial charge in [-0.1, -0.05) is 67.8 Å². The first kappa shape index (κ1) is 14.8. The van der Waals surface area contributed by atoms with E-state index in [4.69, 9.17) is 0 Å². The molecule has 0 saturated carbocycles. The maximum Gasteiger partial charge on any atom is 0.0306 e. The minimum atomic E-state index is 0.309. The van der Waals surface area contributed by atoms with Gasteiger partial charge in [-0.15, -0.1) is 0 Å². The van der Waals surface area contributed by atoms with E-state index in [-0.39, 0.29) is 0 Å². The summed E-state index contributed by atoms with van der Waals surface area (Å²) in [5.74, 6) is 0. The van der Waals surface area contributed by atoms with Gasteiger partial charge in [0.15, 0.2) is 0 Å². The second-order valence-electron chi connectivity index (χ2n) is 4.75. The summed E-state index contributed by atoms with van der Waals surface area (Å²) in [6.07, 6.45) is 0. The molecule has 0 aliphatic heterocycles. The van der Waals surface area contributed by atoms with Crippen molar-refractivity contribution >= 4 is 31.9 Å². The Labute approximate surface area is 131 Å². The fourth-order valence-corrected chi connectivity index (χ4v) is 3.33. The monoisotopic (exact) mass is 381 g/mol. The van der Waals surface area contributed by atoms with Crippen LogP contribution in [0.15, 0.2) is 51.4 Å². The summed E-state index contributed by atoms with van der Waals surface area (Å²) in [5, 5.41) is 3.55. The van der Waals surface area contributed by atoms with Crippen molar-refractivity contribution in [1.82, 2.24) is 5.32 Å². The van der Waals surface area contributed by atoms with Gasteiger partial charge in [0.1, 0.15) is 0 Å². The molecule has 1 unspecified atom stereocenters. The van der Waals surface area contributed by atoms with Gasteiger partial charge in [-0.25, -0.2) is 0 Å². The van der Waals surface area contributed by atoms with Crippen molar-refractivity contribution in [3.63, 3.8) is 0 Å². The summed E-state index contributed by atoms with van der Waals surface area (Å²) in [6.45, 7) is 5.17.